The Hall–Kier alpha value is -2.89. The average molecular weight is 268 g/mol. The summed E-state index contributed by atoms with van der Waals surface area (Å²) in [6, 6.07) is 8.84. The summed E-state index contributed by atoms with van der Waals surface area (Å²) in [4.78, 5) is 16.1. The lowest BCUT2D eigenvalue weighted by Crippen LogP contribution is -2.13. The molecule has 0 aliphatic rings. The van der Waals surface area contributed by atoms with Gasteiger partial charge in [-0.15, -0.1) is 0 Å². The number of anilines is 1. The van der Waals surface area contributed by atoms with Crippen molar-refractivity contribution >= 4 is 11.7 Å². The van der Waals surface area contributed by atoms with Gasteiger partial charge in [0.25, 0.3) is 5.91 Å². The molecule has 0 spiro atoms. The lowest BCUT2D eigenvalue weighted by atomic mass is 10.3. The number of furan rings is 1. The maximum Gasteiger partial charge on any atom is 0.277 e. The van der Waals surface area contributed by atoms with Crippen molar-refractivity contribution in [1.82, 2.24) is 15.2 Å². The highest BCUT2D eigenvalue weighted by Gasteiger charge is 2.13. The molecule has 3 heterocycles. The van der Waals surface area contributed by atoms with Crippen LogP contribution in [0.25, 0.3) is 11.5 Å². The van der Waals surface area contributed by atoms with Crippen molar-refractivity contribution < 1.29 is 9.21 Å². The van der Waals surface area contributed by atoms with Gasteiger partial charge in [-0.3, -0.25) is 9.89 Å². The topological polar surface area (TPSA) is 83.8 Å². The van der Waals surface area contributed by atoms with Gasteiger partial charge in [0.15, 0.2) is 11.5 Å². The molecule has 0 unspecified atom stereocenters. The van der Waals surface area contributed by atoms with E-state index in [1.165, 1.54) is 0 Å². The number of nitrogens with one attached hydrogen (secondary N) is 2. The number of rotatable bonds is 3. The highest BCUT2D eigenvalue weighted by atomic mass is 16.3. The Balaban J connectivity index is 1.78. The third-order valence-electron chi connectivity index (χ3n) is 2.75. The first-order valence-corrected chi connectivity index (χ1v) is 6.06. The molecule has 0 bridgehead atoms. The molecule has 6 heteroatoms. The molecule has 0 aromatic carbocycles. The van der Waals surface area contributed by atoms with Gasteiger partial charge in [0.2, 0.25) is 0 Å². The number of hydrogen-bond donors (Lipinski definition) is 2. The zero-order chi connectivity index (χ0) is 13.9. The molecule has 0 radical (unpaired) electrons. The third kappa shape index (κ3) is 2.44. The van der Waals surface area contributed by atoms with Gasteiger partial charge in [0.1, 0.15) is 11.5 Å². The Kier molecular flexibility index (Phi) is 3.04. The van der Waals surface area contributed by atoms with E-state index < -0.39 is 0 Å². The molecule has 20 heavy (non-hydrogen) atoms. The van der Waals surface area contributed by atoms with E-state index >= 15 is 0 Å². The van der Waals surface area contributed by atoms with Crippen molar-refractivity contribution in [2.45, 2.75) is 6.92 Å². The van der Waals surface area contributed by atoms with Gasteiger partial charge in [0.05, 0.1) is 6.26 Å². The first kappa shape index (κ1) is 12.2. The van der Waals surface area contributed by atoms with Crippen LogP contribution in [-0.4, -0.2) is 21.1 Å². The first-order chi connectivity index (χ1) is 9.72. The molecule has 0 aliphatic heterocycles. The number of nitrogens with zero attached hydrogens (tertiary/aromatic N) is 2. The lowest BCUT2D eigenvalue weighted by molar-refractivity contribution is 0.102. The van der Waals surface area contributed by atoms with Gasteiger partial charge in [-0.05, 0) is 36.8 Å². The second-order valence-electron chi connectivity index (χ2n) is 4.32. The van der Waals surface area contributed by atoms with Crippen molar-refractivity contribution in [2.75, 3.05) is 5.32 Å². The molecule has 1 amide bonds. The standard InChI is InChI=1S/C14H12N4O2/c1-9-4-5-15-13(7-9)16-14(19)11-8-10(17-18-11)12-3-2-6-20-12/h2-8H,1H3,(H,17,18)(H,15,16,19). The number of pyridine rings is 1. The van der Waals surface area contributed by atoms with Crippen LogP contribution in [0.15, 0.2) is 47.2 Å². The fraction of sp³-hybridized carbons (Fsp3) is 0.0714. The largest absolute Gasteiger partial charge is 0.463 e. The van der Waals surface area contributed by atoms with Crippen molar-refractivity contribution in [1.29, 1.82) is 0 Å². The first-order valence-electron chi connectivity index (χ1n) is 6.06. The number of carbonyl (C=O) groups is 1. The second-order valence-corrected chi connectivity index (χ2v) is 4.32. The van der Waals surface area contributed by atoms with Crippen molar-refractivity contribution in [3.63, 3.8) is 0 Å². The van der Waals surface area contributed by atoms with Crippen molar-refractivity contribution in [3.05, 3.63) is 54.0 Å². The number of H-pyrrole nitrogens is 1. The molecule has 0 fully saturated rings. The van der Waals surface area contributed by atoms with E-state index in [-0.39, 0.29) is 11.6 Å². The Labute approximate surface area is 114 Å². The Morgan fingerprint density at radius 2 is 2.25 bits per heavy atom. The molecule has 3 aromatic heterocycles. The average Bonchev–Trinajstić information content (AvgIpc) is 3.10. The maximum absolute atomic E-state index is 12.0. The van der Waals surface area contributed by atoms with Gasteiger partial charge in [-0.25, -0.2) is 4.98 Å². The SMILES string of the molecule is Cc1ccnc(NC(=O)c2cc(-c3ccco3)[nH]n2)c1. The summed E-state index contributed by atoms with van der Waals surface area (Å²) in [5.74, 6) is 0.805. The van der Waals surface area contributed by atoms with Crippen molar-refractivity contribution in [2.24, 2.45) is 0 Å². The predicted octanol–water partition coefficient (Wildman–Crippen LogP) is 2.63. The number of hydrogen-bond acceptors (Lipinski definition) is 4. The number of aryl methyl sites for hydroxylation is 1. The van der Waals surface area contributed by atoms with E-state index in [1.54, 1.807) is 36.7 Å². The van der Waals surface area contributed by atoms with E-state index in [4.69, 9.17) is 4.42 Å². The smallest absolute Gasteiger partial charge is 0.277 e. The number of carbonyl (C=O) groups excluding carboxylic acids is 1. The van der Waals surface area contributed by atoms with Crippen LogP contribution < -0.4 is 5.32 Å². The molecule has 6 nitrogen and oxygen atoms in total. The van der Waals surface area contributed by atoms with E-state index in [0.717, 1.165) is 5.56 Å². The number of amides is 1. The quantitative estimate of drug-likeness (QED) is 0.764. The lowest BCUT2D eigenvalue weighted by Gasteiger charge is -2.02. The monoisotopic (exact) mass is 268 g/mol. The van der Waals surface area contributed by atoms with Crippen LogP contribution in [0.4, 0.5) is 5.82 Å². The minimum absolute atomic E-state index is 0.278. The summed E-state index contributed by atoms with van der Waals surface area (Å²) in [6.45, 7) is 1.93. The predicted molar refractivity (Wildman–Crippen MR) is 73.2 cm³/mol. The van der Waals surface area contributed by atoms with Gasteiger partial charge in [0, 0.05) is 12.3 Å². The summed E-state index contributed by atoms with van der Waals surface area (Å²) in [5, 5.41) is 9.42. The van der Waals surface area contributed by atoms with Crippen LogP contribution >= 0.6 is 0 Å². The van der Waals surface area contributed by atoms with Crippen LogP contribution in [0.2, 0.25) is 0 Å². The Bertz CT molecular complexity index is 731. The number of aromatic amines is 1. The van der Waals surface area contributed by atoms with E-state index in [0.29, 0.717) is 17.3 Å². The molecule has 0 saturated carbocycles. The fourth-order valence-corrected chi connectivity index (χ4v) is 1.78. The minimum atomic E-state index is -0.322. The molecule has 0 aliphatic carbocycles. The Morgan fingerprint density at radius 3 is 3.00 bits per heavy atom. The van der Waals surface area contributed by atoms with Crippen LogP contribution in [0.1, 0.15) is 16.1 Å². The molecule has 2 N–H and O–H groups in total. The summed E-state index contributed by atoms with van der Waals surface area (Å²) in [5.41, 5.74) is 1.95. The fourth-order valence-electron chi connectivity index (χ4n) is 1.78. The summed E-state index contributed by atoms with van der Waals surface area (Å²) < 4.78 is 5.23. The Morgan fingerprint density at radius 1 is 1.35 bits per heavy atom. The third-order valence-corrected chi connectivity index (χ3v) is 2.75. The van der Waals surface area contributed by atoms with Gasteiger partial charge in [-0.2, -0.15) is 5.10 Å². The van der Waals surface area contributed by atoms with Gasteiger partial charge < -0.3 is 9.73 Å². The summed E-state index contributed by atoms with van der Waals surface area (Å²) in [7, 11) is 0. The second kappa shape index (κ2) is 5.00. The molecule has 3 rings (SSSR count). The molecule has 0 atom stereocenters. The van der Waals surface area contributed by atoms with Crippen molar-refractivity contribution in [3.8, 4) is 11.5 Å². The summed E-state index contributed by atoms with van der Waals surface area (Å²) >= 11 is 0. The molecule has 3 aromatic rings. The highest BCUT2D eigenvalue weighted by molar-refractivity contribution is 6.02. The van der Waals surface area contributed by atoms with Crippen LogP contribution in [0.5, 0.6) is 0 Å². The summed E-state index contributed by atoms with van der Waals surface area (Å²) in [6.07, 6.45) is 3.20. The van der Waals surface area contributed by atoms with E-state index in [9.17, 15) is 4.79 Å². The molecule has 100 valence electrons. The molecule has 0 saturated heterocycles. The minimum Gasteiger partial charge on any atom is -0.463 e. The zero-order valence-electron chi connectivity index (χ0n) is 10.8. The van der Waals surface area contributed by atoms with Crippen LogP contribution in [0, 0.1) is 6.92 Å². The van der Waals surface area contributed by atoms with Crippen LogP contribution in [0.3, 0.4) is 0 Å². The van der Waals surface area contributed by atoms with E-state index in [1.807, 2.05) is 13.0 Å². The van der Waals surface area contributed by atoms with Crippen LogP contribution in [-0.2, 0) is 0 Å². The zero-order valence-corrected chi connectivity index (χ0v) is 10.8. The molecular formula is C14H12N4O2. The maximum atomic E-state index is 12.0. The normalized spacial score (nSPS) is 10.4. The number of aromatic nitrogens is 3. The van der Waals surface area contributed by atoms with Gasteiger partial charge >= 0.3 is 0 Å². The van der Waals surface area contributed by atoms with Gasteiger partial charge in [-0.1, -0.05) is 0 Å². The highest BCUT2D eigenvalue weighted by Crippen LogP contribution is 2.18. The molecular weight excluding hydrogens is 256 g/mol. The van der Waals surface area contributed by atoms with E-state index in [2.05, 4.69) is 20.5 Å².